The Labute approximate surface area is 124 Å². The Balaban J connectivity index is 1.92. The molecule has 1 fully saturated rings. The van der Waals surface area contributed by atoms with E-state index in [1.807, 2.05) is 19.1 Å². The normalized spacial score (nSPS) is 18.8. The number of imide groups is 1. The SMILES string of the molecule is CCC1NCC(=O)N(CCOc2ccccc2OC)C1=O. The number of hydrogen-bond donors (Lipinski definition) is 1. The number of nitrogens with one attached hydrogen (secondary N) is 1. The van der Waals surface area contributed by atoms with Crippen LogP contribution in [0.5, 0.6) is 11.5 Å². The summed E-state index contributed by atoms with van der Waals surface area (Å²) in [5, 5.41) is 2.92. The highest BCUT2D eigenvalue weighted by Gasteiger charge is 2.32. The summed E-state index contributed by atoms with van der Waals surface area (Å²) in [7, 11) is 1.57. The smallest absolute Gasteiger partial charge is 0.246 e. The van der Waals surface area contributed by atoms with Crippen LogP contribution in [-0.2, 0) is 9.59 Å². The minimum atomic E-state index is -0.283. The molecule has 6 heteroatoms. The molecule has 0 aromatic heterocycles. The van der Waals surface area contributed by atoms with Crippen molar-refractivity contribution in [2.75, 3.05) is 26.8 Å². The van der Waals surface area contributed by atoms with Crippen LogP contribution >= 0.6 is 0 Å². The maximum absolute atomic E-state index is 12.1. The lowest BCUT2D eigenvalue weighted by molar-refractivity contribution is -0.149. The molecule has 1 aliphatic rings. The second kappa shape index (κ2) is 7.08. The third-order valence-corrected chi connectivity index (χ3v) is 3.41. The van der Waals surface area contributed by atoms with Crippen LogP contribution in [0.15, 0.2) is 24.3 Å². The fourth-order valence-electron chi connectivity index (χ4n) is 2.24. The second-order valence-electron chi connectivity index (χ2n) is 4.72. The van der Waals surface area contributed by atoms with Gasteiger partial charge < -0.3 is 9.47 Å². The predicted molar refractivity (Wildman–Crippen MR) is 77.3 cm³/mol. The van der Waals surface area contributed by atoms with Gasteiger partial charge in [0.1, 0.15) is 6.61 Å². The van der Waals surface area contributed by atoms with E-state index in [9.17, 15) is 9.59 Å². The molecular weight excluding hydrogens is 272 g/mol. The van der Waals surface area contributed by atoms with Crippen molar-refractivity contribution in [2.24, 2.45) is 0 Å². The first-order chi connectivity index (χ1) is 10.2. The second-order valence-corrected chi connectivity index (χ2v) is 4.72. The summed E-state index contributed by atoms with van der Waals surface area (Å²) < 4.78 is 10.8. The van der Waals surface area contributed by atoms with Crippen LogP contribution < -0.4 is 14.8 Å². The average molecular weight is 292 g/mol. The fraction of sp³-hybridized carbons (Fsp3) is 0.467. The van der Waals surface area contributed by atoms with Gasteiger partial charge in [-0.1, -0.05) is 19.1 Å². The third kappa shape index (κ3) is 3.52. The van der Waals surface area contributed by atoms with E-state index >= 15 is 0 Å². The van der Waals surface area contributed by atoms with Crippen molar-refractivity contribution in [1.82, 2.24) is 10.2 Å². The van der Waals surface area contributed by atoms with E-state index in [1.165, 1.54) is 4.90 Å². The van der Waals surface area contributed by atoms with Crippen LogP contribution in [0, 0.1) is 0 Å². The molecule has 21 heavy (non-hydrogen) atoms. The van der Waals surface area contributed by atoms with Crippen molar-refractivity contribution in [1.29, 1.82) is 0 Å². The molecule has 2 rings (SSSR count). The van der Waals surface area contributed by atoms with E-state index in [1.54, 1.807) is 19.2 Å². The van der Waals surface area contributed by atoms with E-state index in [2.05, 4.69) is 5.32 Å². The summed E-state index contributed by atoms with van der Waals surface area (Å²) in [5.41, 5.74) is 0. The maximum Gasteiger partial charge on any atom is 0.246 e. The van der Waals surface area contributed by atoms with Crippen LogP contribution in [0.4, 0.5) is 0 Å². The van der Waals surface area contributed by atoms with Gasteiger partial charge >= 0.3 is 0 Å². The molecule has 1 heterocycles. The zero-order valence-corrected chi connectivity index (χ0v) is 12.3. The molecular formula is C15H20N2O4. The Hall–Kier alpha value is -2.08. The van der Waals surface area contributed by atoms with Gasteiger partial charge in [0.05, 0.1) is 26.2 Å². The minimum absolute atomic E-state index is 0.183. The van der Waals surface area contributed by atoms with Gasteiger partial charge in [-0.2, -0.15) is 0 Å². The summed E-state index contributed by atoms with van der Waals surface area (Å²) >= 11 is 0. The molecule has 1 aromatic carbocycles. The minimum Gasteiger partial charge on any atom is -0.493 e. The standard InChI is InChI=1S/C15H20N2O4/c1-3-11-15(19)17(14(18)10-16-11)8-9-21-13-7-5-4-6-12(13)20-2/h4-7,11,16H,3,8-10H2,1-2H3. The lowest BCUT2D eigenvalue weighted by Gasteiger charge is -2.30. The first-order valence-corrected chi connectivity index (χ1v) is 7.00. The Bertz CT molecular complexity index is 518. The summed E-state index contributed by atoms with van der Waals surface area (Å²) in [6, 6.07) is 6.99. The van der Waals surface area contributed by atoms with Gasteiger partial charge in [-0.05, 0) is 18.6 Å². The Morgan fingerprint density at radius 3 is 2.67 bits per heavy atom. The summed E-state index contributed by atoms with van der Waals surface area (Å²) in [6.45, 7) is 2.59. The molecule has 0 spiro atoms. The lowest BCUT2D eigenvalue weighted by atomic mass is 10.1. The van der Waals surface area contributed by atoms with Gasteiger partial charge in [0, 0.05) is 0 Å². The number of carbonyl (C=O) groups is 2. The maximum atomic E-state index is 12.1. The van der Waals surface area contributed by atoms with E-state index in [0.717, 1.165) is 0 Å². The van der Waals surface area contributed by atoms with Gasteiger partial charge in [-0.15, -0.1) is 0 Å². The predicted octanol–water partition coefficient (Wildman–Crippen LogP) is 0.811. The molecule has 0 saturated carbocycles. The molecule has 1 aliphatic heterocycles. The van der Waals surface area contributed by atoms with Gasteiger partial charge in [0.25, 0.3) is 0 Å². The molecule has 1 N–H and O–H groups in total. The number of hydrogen-bond acceptors (Lipinski definition) is 5. The van der Waals surface area contributed by atoms with E-state index in [4.69, 9.17) is 9.47 Å². The zero-order valence-electron chi connectivity index (χ0n) is 12.3. The molecule has 1 saturated heterocycles. The number of carbonyl (C=O) groups excluding carboxylic acids is 2. The molecule has 1 unspecified atom stereocenters. The Morgan fingerprint density at radius 1 is 1.29 bits per heavy atom. The van der Waals surface area contributed by atoms with Crippen molar-refractivity contribution >= 4 is 11.8 Å². The largest absolute Gasteiger partial charge is 0.493 e. The molecule has 1 atom stereocenters. The zero-order chi connectivity index (χ0) is 15.2. The van der Waals surface area contributed by atoms with Gasteiger partial charge in [0.15, 0.2) is 11.5 Å². The summed E-state index contributed by atoms with van der Waals surface area (Å²) in [6.07, 6.45) is 0.663. The number of piperazine rings is 1. The van der Waals surface area contributed by atoms with Crippen LogP contribution in [0.3, 0.4) is 0 Å². The monoisotopic (exact) mass is 292 g/mol. The summed E-state index contributed by atoms with van der Waals surface area (Å²) in [5.74, 6) is 0.828. The van der Waals surface area contributed by atoms with E-state index in [0.29, 0.717) is 17.9 Å². The van der Waals surface area contributed by atoms with Crippen molar-refractivity contribution in [3.8, 4) is 11.5 Å². The molecule has 114 valence electrons. The third-order valence-electron chi connectivity index (χ3n) is 3.41. The van der Waals surface area contributed by atoms with Crippen LogP contribution in [0.25, 0.3) is 0 Å². The lowest BCUT2D eigenvalue weighted by Crippen LogP contribution is -2.58. The van der Waals surface area contributed by atoms with Gasteiger partial charge in [-0.25, -0.2) is 0 Å². The highest BCUT2D eigenvalue weighted by molar-refractivity contribution is 6.01. The number of nitrogens with zero attached hydrogens (tertiary/aromatic N) is 1. The first kappa shape index (κ1) is 15.3. The van der Waals surface area contributed by atoms with Gasteiger partial charge in [-0.3, -0.25) is 19.8 Å². The van der Waals surface area contributed by atoms with Crippen LogP contribution in [0.1, 0.15) is 13.3 Å². The van der Waals surface area contributed by atoms with Crippen molar-refractivity contribution < 1.29 is 19.1 Å². The van der Waals surface area contributed by atoms with Gasteiger partial charge in [0.2, 0.25) is 11.8 Å². The number of benzene rings is 1. The molecule has 0 radical (unpaired) electrons. The van der Waals surface area contributed by atoms with Crippen LogP contribution in [0.2, 0.25) is 0 Å². The fourth-order valence-corrected chi connectivity index (χ4v) is 2.24. The molecule has 0 bridgehead atoms. The number of methoxy groups -OCH3 is 1. The number of para-hydroxylation sites is 2. The number of amides is 2. The molecule has 2 amide bonds. The van der Waals surface area contributed by atoms with Crippen molar-refractivity contribution in [2.45, 2.75) is 19.4 Å². The van der Waals surface area contributed by atoms with E-state index in [-0.39, 0.29) is 37.6 Å². The molecule has 1 aromatic rings. The Kier molecular flexibility index (Phi) is 5.16. The van der Waals surface area contributed by atoms with Crippen LogP contribution in [-0.4, -0.2) is 49.6 Å². The topological polar surface area (TPSA) is 67.9 Å². The molecule has 0 aliphatic carbocycles. The first-order valence-electron chi connectivity index (χ1n) is 7.00. The summed E-state index contributed by atoms with van der Waals surface area (Å²) in [4.78, 5) is 25.2. The average Bonchev–Trinajstić information content (AvgIpc) is 2.51. The van der Waals surface area contributed by atoms with Crippen molar-refractivity contribution in [3.05, 3.63) is 24.3 Å². The Morgan fingerprint density at radius 2 is 2.00 bits per heavy atom. The highest BCUT2D eigenvalue weighted by Crippen LogP contribution is 2.25. The highest BCUT2D eigenvalue weighted by atomic mass is 16.5. The quantitative estimate of drug-likeness (QED) is 0.786. The number of rotatable bonds is 6. The van der Waals surface area contributed by atoms with Crippen molar-refractivity contribution in [3.63, 3.8) is 0 Å². The molecule has 6 nitrogen and oxygen atoms in total. The number of ether oxygens (including phenoxy) is 2. The van der Waals surface area contributed by atoms with E-state index < -0.39 is 0 Å².